The van der Waals surface area contributed by atoms with E-state index >= 15 is 0 Å². The fraction of sp³-hybridized carbons (Fsp3) is 0.381. The van der Waals surface area contributed by atoms with E-state index in [1.165, 1.54) is 13.2 Å². The number of nitrogens with one attached hydrogen (secondary N) is 1. The van der Waals surface area contributed by atoms with Crippen LogP contribution in [0.3, 0.4) is 0 Å². The molecule has 2 rings (SSSR count). The van der Waals surface area contributed by atoms with E-state index in [9.17, 15) is 13.6 Å². The van der Waals surface area contributed by atoms with Gasteiger partial charge in [0.05, 0.1) is 13.7 Å². The van der Waals surface area contributed by atoms with Crippen LogP contribution in [0, 0.1) is 6.92 Å². The molecule has 0 heterocycles. The lowest BCUT2D eigenvalue weighted by molar-refractivity contribution is -0.117. The minimum absolute atomic E-state index is 0.0201. The topological polar surface area (TPSA) is 50.8 Å². The van der Waals surface area contributed by atoms with Gasteiger partial charge >= 0.3 is 6.61 Å². The molecule has 7 heteroatoms. The Morgan fingerprint density at radius 1 is 1.21 bits per heavy atom. The molecule has 152 valence electrons. The van der Waals surface area contributed by atoms with Gasteiger partial charge in [-0.25, -0.2) is 0 Å². The van der Waals surface area contributed by atoms with Gasteiger partial charge in [0.15, 0.2) is 11.5 Å². The predicted molar refractivity (Wildman–Crippen MR) is 105 cm³/mol. The van der Waals surface area contributed by atoms with Crippen LogP contribution in [0.5, 0.6) is 11.5 Å². The molecule has 0 bridgehead atoms. The maximum atomic E-state index is 12.5. The molecule has 0 spiro atoms. The highest BCUT2D eigenvalue weighted by molar-refractivity contribution is 5.93. The van der Waals surface area contributed by atoms with Crippen molar-refractivity contribution in [2.75, 3.05) is 26.0 Å². The van der Waals surface area contributed by atoms with Crippen molar-refractivity contribution in [1.29, 1.82) is 0 Å². The highest BCUT2D eigenvalue weighted by atomic mass is 19.3. The summed E-state index contributed by atoms with van der Waals surface area (Å²) in [7, 11) is 3.20. The largest absolute Gasteiger partial charge is 0.493 e. The third-order valence-electron chi connectivity index (χ3n) is 4.31. The zero-order valence-corrected chi connectivity index (χ0v) is 16.6. The van der Waals surface area contributed by atoms with Crippen LogP contribution < -0.4 is 14.8 Å². The molecule has 0 aliphatic rings. The van der Waals surface area contributed by atoms with Gasteiger partial charge in [0, 0.05) is 12.2 Å². The summed E-state index contributed by atoms with van der Waals surface area (Å²) in [5, 5.41) is 2.99. The van der Waals surface area contributed by atoms with E-state index in [0.29, 0.717) is 6.54 Å². The van der Waals surface area contributed by atoms with Crippen molar-refractivity contribution < 1.29 is 23.0 Å². The molecule has 0 radical (unpaired) electrons. The van der Waals surface area contributed by atoms with E-state index in [2.05, 4.69) is 10.1 Å². The normalized spacial score (nSPS) is 11.0. The van der Waals surface area contributed by atoms with Gasteiger partial charge in [0.2, 0.25) is 5.91 Å². The standard InChI is InChI=1S/C21H26F2N2O3/c1-5-16-8-6-7-14(2)20(16)24-19(26)13-25(3)12-15-9-10-17(28-21(22)23)18(11-15)27-4/h6-11,21H,5,12-13H2,1-4H3,(H,24,26). The Hall–Kier alpha value is -2.67. The summed E-state index contributed by atoms with van der Waals surface area (Å²) in [6.07, 6.45) is 0.833. The van der Waals surface area contributed by atoms with Gasteiger partial charge in [-0.1, -0.05) is 31.2 Å². The SMILES string of the molecule is CCc1cccc(C)c1NC(=O)CN(C)Cc1ccc(OC(F)F)c(OC)c1. The second kappa shape index (κ2) is 10.0. The lowest BCUT2D eigenvalue weighted by atomic mass is 10.1. The fourth-order valence-electron chi connectivity index (χ4n) is 3.00. The number of benzene rings is 2. The summed E-state index contributed by atoms with van der Waals surface area (Å²) >= 11 is 0. The summed E-state index contributed by atoms with van der Waals surface area (Å²) in [6, 6.07) is 10.7. The molecule has 28 heavy (non-hydrogen) atoms. The van der Waals surface area contributed by atoms with Gasteiger partial charge in [0.1, 0.15) is 0 Å². The van der Waals surface area contributed by atoms with Crippen LogP contribution in [0.1, 0.15) is 23.6 Å². The number of para-hydroxylation sites is 1. The van der Waals surface area contributed by atoms with E-state index in [1.807, 2.05) is 44.0 Å². The van der Waals surface area contributed by atoms with Crippen LogP contribution in [0.4, 0.5) is 14.5 Å². The number of likely N-dealkylation sites (N-methyl/N-ethyl adjacent to an activating group) is 1. The van der Waals surface area contributed by atoms with Crippen molar-refractivity contribution in [3.05, 3.63) is 53.1 Å². The van der Waals surface area contributed by atoms with Gasteiger partial charge in [-0.3, -0.25) is 9.69 Å². The van der Waals surface area contributed by atoms with Crippen LogP contribution in [0.25, 0.3) is 0 Å². The number of aryl methyl sites for hydroxylation is 2. The van der Waals surface area contributed by atoms with E-state index in [4.69, 9.17) is 4.74 Å². The molecule has 1 N–H and O–H groups in total. The highest BCUT2D eigenvalue weighted by Crippen LogP contribution is 2.29. The average molecular weight is 392 g/mol. The number of hydrogen-bond acceptors (Lipinski definition) is 4. The van der Waals surface area contributed by atoms with Gasteiger partial charge in [-0.2, -0.15) is 8.78 Å². The van der Waals surface area contributed by atoms with Crippen LogP contribution in [-0.2, 0) is 17.8 Å². The summed E-state index contributed by atoms with van der Waals surface area (Å²) < 4.78 is 34.4. The highest BCUT2D eigenvalue weighted by Gasteiger charge is 2.14. The van der Waals surface area contributed by atoms with E-state index in [1.54, 1.807) is 12.1 Å². The first-order valence-corrected chi connectivity index (χ1v) is 9.02. The minimum Gasteiger partial charge on any atom is -0.493 e. The van der Waals surface area contributed by atoms with Gasteiger partial charge in [-0.05, 0) is 49.2 Å². The number of methoxy groups -OCH3 is 1. The molecule has 1 amide bonds. The van der Waals surface area contributed by atoms with Crippen molar-refractivity contribution in [2.24, 2.45) is 0 Å². The quantitative estimate of drug-likeness (QED) is 0.694. The van der Waals surface area contributed by atoms with Crippen molar-refractivity contribution in [2.45, 2.75) is 33.4 Å². The Morgan fingerprint density at radius 2 is 1.96 bits per heavy atom. The van der Waals surface area contributed by atoms with Gasteiger partial charge in [-0.15, -0.1) is 0 Å². The van der Waals surface area contributed by atoms with Gasteiger partial charge in [0.25, 0.3) is 0 Å². The van der Waals surface area contributed by atoms with Crippen molar-refractivity contribution in [3.8, 4) is 11.5 Å². The first-order chi connectivity index (χ1) is 13.3. The third-order valence-corrected chi connectivity index (χ3v) is 4.31. The molecule has 5 nitrogen and oxygen atoms in total. The second-order valence-corrected chi connectivity index (χ2v) is 6.55. The number of ether oxygens (including phenoxy) is 2. The van der Waals surface area contributed by atoms with Crippen LogP contribution in [0.15, 0.2) is 36.4 Å². The lowest BCUT2D eigenvalue weighted by Gasteiger charge is -2.19. The third kappa shape index (κ3) is 5.92. The van der Waals surface area contributed by atoms with Crippen molar-refractivity contribution in [1.82, 2.24) is 4.90 Å². The molecule has 2 aromatic rings. The van der Waals surface area contributed by atoms with Crippen LogP contribution in [-0.4, -0.2) is 38.1 Å². The molecule has 0 fully saturated rings. The predicted octanol–water partition coefficient (Wildman–Crippen LogP) is 4.24. The Morgan fingerprint density at radius 3 is 2.61 bits per heavy atom. The maximum Gasteiger partial charge on any atom is 0.387 e. The number of halogens is 2. The van der Waals surface area contributed by atoms with E-state index < -0.39 is 6.61 Å². The molecule has 0 unspecified atom stereocenters. The molecule has 0 aromatic heterocycles. The zero-order chi connectivity index (χ0) is 20.7. The molecule has 0 aliphatic carbocycles. The Balaban J connectivity index is 2.00. The number of amides is 1. The molecular weight excluding hydrogens is 366 g/mol. The number of anilines is 1. The van der Waals surface area contributed by atoms with Crippen LogP contribution in [0.2, 0.25) is 0 Å². The molecule has 0 aliphatic heterocycles. The Bertz CT molecular complexity index is 812. The Kier molecular flexibility index (Phi) is 7.75. The average Bonchev–Trinajstić information content (AvgIpc) is 2.64. The number of carbonyl (C=O) groups excluding carboxylic acids is 1. The second-order valence-electron chi connectivity index (χ2n) is 6.55. The molecule has 0 saturated carbocycles. The molecule has 2 aromatic carbocycles. The first-order valence-electron chi connectivity index (χ1n) is 9.02. The van der Waals surface area contributed by atoms with E-state index in [0.717, 1.165) is 28.8 Å². The molecular formula is C21H26F2N2O3. The van der Waals surface area contributed by atoms with Crippen molar-refractivity contribution in [3.63, 3.8) is 0 Å². The monoisotopic (exact) mass is 392 g/mol. The Labute approximate surface area is 164 Å². The number of carbonyl (C=O) groups is 1. The zero-order valence-electron chi connectivity index (χ0n) is 16.6. The summed E-state index contributed by atoms with van der Waals surface area (Å²) in [4.78, 5) is 14.3. The number of nitrogens with zero attached hydrogens (tertiary/aromatic N) is 1. The van der Waals surface area contributed by atoms with E-state index in [-0.39, 0.29) is 24.0 Å². The fourth-order valence-corrected chi connectivity index (χ4v) is 3.00. The summed E-state index contributed by atoms with van der Waals surface area (Å²) in [6.45, 7) is 1.74. The number of alkyl halides is 2. The first kappa shape index (κ1) is 21.6. The van der Waals surface area contributed by atoms with Crippen molar-refractivity contribution >= 4 is 11.6 Å². The maximum absolute atomic E-state index is 12.5. The number of hydrogen-bond donors (Lipinski definition) is 1. The smallest absolute Gasteiger partial charge is 0.387 e. The summed E-state index contributed by atoms with van der Waals surface area (Å²) in [5.74, 6) is 0.0903. The van der Waals surface area contributed by atoms with Crippen LogP contribution >= 0.6 is 0 Å². The summed E-state index contributed by atoms with van der Waals surface area (Å²) in [5.41, 5.74) is 3.79. The molecule has 0 atom stereocenters. The molecule has 0 saturated heterocycles. The number of rotatable bonds is 9. The minimum atomic E-state index is -2.92. The lowest BCUT2D eigenvalue weighted by Crippen LogP contribution is -2.30. The van der Waals surface area contributed by atoms with Gasteiger partial charge < -0.3 is 14.8 Å².